The predicted molar refractivity (Wildman–Crippen MR) is 175 cm³/mol. The van der Waals surface area contributed by atoms with E-state index in [0.717, 1.165) is 83.2 Å². The highest BCUT2D eigenvalue weighted by Gasteiger charge is 2.42. The summed E-state index contributed by atoms with van der Waals surface area (Å²) < 4.78 is 15.5. The van der Waals surface area contributed by atoms with Crippen molar-refractivity contribution in [1.82, 2.24) is 14.7 Å². The standard InChI is InChI=1S/C35H29ClFN7/c1-23-31-32(24-11-13-25(36)14-12-24)43-30-10-6-5-9-29(30)38-34(35(43)39-33(31)44(40-23)28-7-3-2-4-8-28)42-21-19-41(20-22-42)27-17-15-26(37)16-18-27/h2-18,32H,19-22H2,1H3/t32-/m0/s1. The van der Waals surface area contributed by atoms with E-state index < -0.39 is 0 Å². The van der Waals surface area contributed by atoms with Gasteiger partial charge in [-0.1, -0.05) is 54.1 Å². The molecular weight excluding hydrogens is 573 g/mol. The van der Waals surface area contributed by atoms with E-state index in [9.17, 15) is 4.39 Å². The Morgan fingerprint density at radius 3 is 2.14 bits per heavy atom. The number of anilines is 2. The minimum absolute atomic E-state index is 0.195. The van der Waals surface area contributed by atoms with Gasteiger partial charge in [0.05, 0.1) is 28.8 Å². The molecule has 1 fully saturated rings. The zero-order chi connectivity index (χ0) is 29.8. The monoisotopic (exact) mass is 601 g/mol. The van der Waals surface area contributed by atoms with Gasteiger partial charge in [-0.2, -0.15) is 5.10 Å². The third kappa shape index (κ3) is 4.45. The SMILES string of the molecule is Cc1nn(-c2ccccc2)c2c1[C@H](c1ccc(Cl)cc1)N1C(=N2)C(N2CCN(c3ccc(F)cc3)CC2)=Nc2ccccc21. The van der Waals surface area contributed by atoms with Crippen LogP contribution in [-0.4, -0.2) is 52.5 Å². The van der Waals surface area contributed by atoms with E-state index in [0.29, 0.717) is 5.02 Å². The quantitative estimate of drug-likeness (QED) is 0.215. The van der Waals surface area contributed by atoms with Gasteiger partial charge in [-0.05, 0) is 73.2 Å². The molecule has 4 aromatic carbocycles. The van der Waals surface area contributed by atoms with Crippen LogP contribution in [0.1, 0.15) is 22.9 Å². The minimum atomic E-state index is -0.224. The number of hydrogen-bond donors (Lipinski definition) is 0. The van der Waals surface area contributed by atoms with Crippen LogP contribution in [0.25, 0.3) is 5.69 Å². The molecule has 0 radical (unpaired) electrons. The molecule has 0 unspecified atom stereocenters. The lowest BCUT2D eigenvalue weighted by molar-refractivity contribution is 0.389. The highest BCUT2D eigenvalue weighted by Crippen LogP contribution is 2.48. The summed E-state index contributed by atoms with van der Waals surface area (Å²) in [5.74, 6) is 2.21. The third-order valence-corrected chi connectivity index (χ3v) is 8.83. The number of rotatable bonds is 3. The number of nitrogens with zero attached hydrogens (tertiary/aromatic N) is 7. The zero-order valence-corrected chi connectivity index (χ0v) is 24.9. The maximum Gasteiger partial charge on any atom is 0.179 e. The van der Waals surface area contributed by atoms with E-state index in [1.165, 1.54) is 12.1 Å². The normalized spacial score (nSPS) is 17.4. The molecule has 4 heterocycles. The Morgan fingerprint density at radius 1 is 0.705 bits per heavy atom. The van der Waals surface area contributed by atoms with Crippen molar-refractivity contribution in [2.45, 2.75) is 13.0 Å². The molecule has 8 rings (SSSR count). The van der Waals surface area contributed by atoms with Crippen LogP contribution < -0.4 is 9.80 Å². The van der Waals surface area contributed by atoms with Crippen molar-refractivity contribution < 1.29 is 4.39 Å². The van der Waals surface area contributed by atoms with E-state index in [1.54, 1.807) is 0 Å². The fourth-order valence-corrected chi connectivity index (χ4v) is 6.57. The molecule has 1 aromatic heterocycles. The van der Waals surface area contributed by atoms with Gasteiger partial charge in [0.2, 0.25) is 0 Å². The largest absolute Gasteiger partial charge is 0.368 e. The van der Waals surface area contributed by atoms with Gasteiger partial charge in [0.1, 0.15) is 5.82 Å². The van der Waals surface area contributed by atoms with Crippen molar-refractivity contribution in [3.63, 3.8) is 0 Å². The maximum atomic E-state index is 13.6. The van der Waals surface area contributed by atoms with Crippen molar-refractivity contribution in [2.24, 2.45) is 9.98 Å². The number of piperazine rings is 1. The number of para-hydroxylation sites is 3. The molecular formula is C35H29ClFN7. The van der Waals surface area contributed by atoms with Crippen LogP contribution in [0.3, 0.4) is 0 Å². The van der Waals surface area contributed by atoms with Crippen LogP contribution >= 0.6 is 11.6 Å². The van der Waals surface area contributed by atoms with Crippen LogP contribution in [0.2, 0.25) is 5.02 Å². The molecule has 44 heavy (non-hydrogen) atoms. The van der Waals surface area contributed by atoms with Gasteiger partial charge < -0.3 is 14.7 Å². The second-order valence-corrected chi connectivity index (χ2v) is 11.6. The molecule has 0 bridgehead atoms. The number of aliphatic imine (C=N–C) groups is 2. The highest BCUT2D eigenvalue weighted by atomic mass is 35.5. The Hall–Kier alpha value is -4.95. The van der Waals surface area contributed by atoms with Gasteiger partial charge in [0.15, 0.2) is 17.5 Å². The zero-order valence-electron chi connectivity index (χ0n) is 24.1. The van der Waals surface area contributed by atoms with Crippen molar-refractivity contribution in [2.75, 3.05) is 36.0 Å². The molecule has 3 aliphatic rings. The topological polar surface area (TPSA) is 52.3 Å². The summed E-state index contributed by atoms with van der Waals surface area (Å²) in [5, 5.41) is 5.72. The lowest BCUT2D eigenvalue weighted by Crippen LogP contribution is -2.55. The summed E-state index contributed by atoms with van der Waals surface area (Å²) >= 11 is 6.37. The number of aryl methyl sites for hydroxylation is 1. The summed E-state index contributed by atoms with van der Waals surface area (Å²) in [6.45, 7) is 5.13. The van der Waals surface area contributed by atoms with Crippen LogP contribution in [0.15, 0.2) is 113 Å². The van der Waals surface area contributed by atoms with E-state index in [4.69, 9.17) is 26.7 Å². The first-order chi connectivity index (χ1) is 21.5. The first-order valence-corrected chi connectivity index (χ1v) is 15.1. The highest BCUT2D eigenvalue weighted by molar-refractivity contribution is 6.48. The van der Waals surface area contributed by atoms with Crippen LogP contribution in [0.5, 0.6) is 0 Å². The lowest BCUT2D eigenvalue weighted by Gasteiger charge is -2.44. The van der Waals surface area contributed by atoms with Crippen molar-refractivity contribution in [3.8, 4) is 5.69 Å². The predicted octanol–water partition coefficient (Wildman–Crippen LogP) is 7.48. The van der Waals surface area contributed by atoms with Gasteiger partial charge in [-0.25, -0.2) is 19.1 Å². The molecule has 0 aliphatic carbocycles. The second-order valence-electron chi connectivity index (χ2n) is 11.2. The van der Waals surface area contributed by atoms with Gasteiger partial charge in [-0.3, -0.25) is 0 Å². The smallest absolute Gasteiger partial charge is 0.179 e. The fraction of sp³-hybridized carbons (Fsp3) is 0.171. The number of fused-ring (bicyclic) bond motifs is 4. The molecule has 0 N–H and O–H groups in total. The van der Waals surface area contributed by atoms with Gasteiger partial charge in [0, 0.05) is 42.5 Å². The Balaban J connectivity index is 1.27. The fourth-order valence-electron chi connectivity index (χ4n) is 6.45. The second kappa shape index (κ2) is 10.6. The van der Waals surface area contributed by atoms with Gasteiger partial charge in [0.25, 0.3) is 0 Å². The van der Waals surface area contributed by atoms with Crippen molar-refractivity contribution >= 4 is 46.2 Å². The number of halogens is 2. The molecule has 0 amide bonds. The number of benzene rings is 4. The van der Waals surface area contributed by atoms with Crippen LogP contribution in [0, 0.1) is 12.7 Å². The van der Waals surface area contributed by atoms with Gasteiger partial charge >= 0.3 is 0 Å². The minimum Gasteiger partial charge on any atom is -0.368 e. The van der Waals surface area contributed by atoms with Crippen molar-refractivity contribution in [1.29, 1.82) is 0 Å². The average Bonchev–Trinajstić information content (AvgIpc) is 3.40. The average molecular weight is 602 g/mol. The molecule has 9 heteroatoms. The Morgan fingerprint density at radius 2 is 1.39 bits per heavy atom. The number of aromatic nitrogens is 2. The number of amidine groups is 2. The first kappa shape index (κ1) is 26.7. The molecule has 7 nitrogen and oxygen atoms in total. The summed E-state index contributed by atoms with van der Waals surface area (Å²) in [6.07, 6.45) is 0. The lowest BCUT2D eigenvalue weighted by atomic mass is 9.93. The van der Waals surface area contributed by atoms with E-state index in [-0.39, 0.29) is 11.9 Å². The van der Waals surface area contributed by atoms with Crippen LogP contribution in [0.4, 0.5) is 27.3 Å². The Labute approximate surface area is 260 Å². The van der Waals surface area contributed by atoms with Gasteiger partial charge in [-0.15, -0.1) is 0 Å². The molecule has 5 aromatic rings. The summed E-state index contributed by atoms with van der Waals surface area (Å²) in [6, 6.07) is 33.0. The van der Waals surface area contributed by atoms with E-state index in [1.807, 2.05) is 59.3 Å². The van der Waals surface area contributed by atoms with E-state index in [2.05, 4.69) is 58.0 Å². The van der Waals surface area contributed by atoms with Crippen LogP contribution in [-0.2, 0) is 0 Å². The first-order valence-electron chi connectivity index (χ1n) is 14.8. The molecule has 3 aliphatic heterocycles. The number of hydrogen-bond acceptors (Lipinski definition) is 6. The molecule has 0 saturated carbocycles. The van der Waals surface area contributed by atoms with E-state index >= 15 is 0 Å². The Kier molecular flexibility index (Phi) is 6.45. The molecule has 1 saturated heterocycles. The summed E-state index contributed by atoms with van der Waals surface area (Å²) in [7, 11) is 0. The molecule has 218 valence electrons. The Bertz CT molecular complexity index is 1910. The third-order valence-electron chi connectivity index (χ3n) is 8.58. The maximum absolute atomic E-state index is 13.6. The van der Waals surface area contributed by atoms with Crippen molar-refractivity contribution in [3.05, 3.63) is 131 Å². The molecule has 1 atom stereocenters. The summed E-state index contributed by atoms with van der Waals surface area (Å²) in [4.78, 5) is 17.6. The summed E-state index contributed by atoms with van der Waals surface area (Å²) in [5.41, 5.74) is 6.94. The molecule has 0 spiro atoms.